The lowest BCUT2D eigenvalue weighted by atomic mass is 9.84. The summed E-state index contributed by atoms with van der Waals surface area (Å²) in [6, 6.07) is 16.0. The van der Waals surface area contributed by atoms with Crippen LogP contribution in [0.1, 0.15) is 36.7 Å². The van der Waals surface area contributed by atoms with Crippen LogP contribution in [0.3, 0.4) is 0 Å². The second-order valence-electron chi connectivity index (χ2n) is 7.24. The zero-order chi connectivity index (χ0) is 17.5. The minimum Gasteiger partial charge on any atom is -0.384 e. The topological polar surface area (TPSA) is 56.0 Å². The van der Waals surface area contributed by atoms with Crippen molar-refractivity contribution < 1.29 is 4.79 Å². The van der Waals surface area contributed by atoms with Crippen molar-refractivity contribution in [3.8, 4) is 11.1 Å². The zero-order valence-corrected chi connectivity index (χ0v) is 14.6. The lowest BCUT2D eigenvalue weighted by Gasteiger charge is -2.19. The summed E-state index contributed by atoms with van der Waals surface area (Å²) in [6.07, 6.45) is 0. The maximum absolute atomic E-state index is 12.8. The van der Waals surface area contributed by atoms with Crippen molar-refractivity contribution in [3.63, 3.8) is 0 Å². The summed E-state index contributed by atoms with van der Waals surface area (Å²) in [6.45, 7) is 7.82. The average Bonchev–Trinajstić information content (AvgIpc) is 2.53. The van der Waals surface area contributed by atoms with E-state index in [0.29, 0.717) is 16.9 Å². The van der Waals surface area contributed by atoms with E-state index in [1.54, 1.807) is 6.07 Å². The Morgan fingerprint density at radius 1 is 0.958 bits per heavy atom. The molecule has 2 aromatic carbocycles. The monoisotopic (exact) mass is 318 g/mol. The number of nitrogens with zero attached hydrogens (tertiary/aromatic N) is 1. The lowest BCUT2D eigenvalue weighted by Crippen LogP contribution is -2.20. The van der Waals surface area contributed by atoms with E-state index in [2.05, 4.69) is 36.2 Å². The van der Waals surface area contributed by atoms with Crippen LogP contribution in [0.15, 0.2) is 48.5 Å². The minimum absolute atomic E-state index is 0.0704. The molecule has 3 rings (SSSR count). The molecule has 0 amide bonds. The fourth-order valence-electron chi connectivity index (χ4n) is 2.80. The molecule has 3 aromatic rings. The number of hydrogen-bond acceptors (Lipinski definition) is 3. The first-order valence-electron chi connectivity index (χ1n) is 8.08. The van der Waals surface area contributed by atoms with Gasteiger partial charge in [0.05, 0.1) is 5.52 Å². The van der Waals surface area contributed by atoms with E-state index in [4.69, 9.17) is 5.73 Å². The molecule has 0 bridgehead atoms. The van der Waals surface area contributed by atoms with Gasteiger partial charge in [0.15, 0.2) is 5.78 Å². The largest absolute Gasteiger partial charge is 0.384 e. The highest BCUT2D eigenvalue weighted by Gasteiger charge is 2.25. The Labute approximate surface area is 142 Å². The smallest absolute Gasteiger partial charge is 0.170 e. The highest BCUT2D eigenvalue weighted by atomic mass is 16.1. The van der Waals surface area contributed by atoms with Crippen LogP contribution in [0, 0.1) is 12.3 Å². The van der Waals surface area contributed by atoms with Gasteiger partial charge in [-0.2, -0.15) is 0 Å². The zero-order valence-electron chi connectivity index (χ0n) is 14.6. The van der Waals surface area contributed by atoms with Crippen molar-refractivity contribution in [2.75, 3.05) is 5.73 Å². The van der Waals surface area contributed by atoms with E-state index in [-0.39, 0.29) is 5.78 Å². The summed E-state index contributed by atoms with van der Waals surface area (Å²) in [5, 5.41) is 0.947. The third-order valence-electron chi connectivity index (χ3n) is 4.17. The number of carbonyl (C=O) groups is 1. The van der Waals surface area contributed by atoms with Crippen molar-refractivity contribution >= 4 is 22.5 Å². The molecule has 0 saturated carbocycles. The standard InChI is InChI=1S/C21H22N2O/c1-13-5-7-14(8-6-13)15-9-10-17(20(24)21(2,3)4)19-16(15)11-12-18(22)23-19/h5-12H,1-4H3,(H2,22,23). The highest BCUT2D eigenvalue weighted by Crippen LogP contribution is 2.33. The van der Waals surface area contributed by atoms with Crippen LogP contribution in [0.25, 0.3) is 22.0 Å². The number of Topliss-reactive ketones (excluding diaryl/α,β-unsaturated/α-hetero) is 1. The van der Waals surface area contributed by atoms with Crippen LogP contribution in [0.4, 0.5) is 5.82 Å². The molecule has 3 nitrogen and oxygen atoms in total. The van der Waals surface area contributed by atoms with Crippen LogP contribution in [0.5, 0.6) is 0 Å². The van der Waals surface area contributed by atoms with E-state index in [1.807, 2.05) is 39.0 Å². The number of nitrogens with two attached hydrogens (primary N) is 1. The number of benzene rings is 2. The number of rotatable bonds is 2. The molecule has 2 N–H and O–H groups in total. The van der Waals surface area contributed by atoms with E-state index < -0.39 is 5.41 Å². The molecule has 1 heterocycles. The minimum atomic E-state index is -0.468. The van der Waals surface area contributed by atoms with E-state index in [0.717, 1.165) is 16.5 Å². The molecule has 3 heteroatoms. The Hall–Kier alpha value is -2.68. The SMILES string of the molecule is Cc1ccc(-c2ccc(C(=O)C(C)(C)C)c3nc(N)ccc23)cc1. The molecule has 24 heavy (non-hydrogen) atoms. The molecule has 0 fully saturated rings. The van der Waals surface area contributed by atoms with Gasteiger partial charge in [-0.3, -0.25) is 4.79 Å². The summed E-state index contributed by atoms with van der Waals surface area (Å²) in [5.41, 5.74) is 10.1. The van der Waals surface area contributed by atoms with Crippen LogP contribution in [-0.4, -0.2) is 10.8 Å². The van der Waals surface area contributed by atoms with Gasteiger partial charge in [0, 0.05) is 16.4 Å². The van der Waals surface area contributed by atoms with Gasteiger partial charge in [-0.25, -0.2) is 4.98 Å². The number of carbonyl (C=O) groups excluding carboxylic acids is 1. The van der Waals surface area contributed by atoms with Crippen LogP contribution in [0.2, 0.25) is 0 Å². The fourth-order valence-corrected chi connectivity index (χ4v) is 2.80. The van der Waals surface area contributed by atoms with Crippen molar-refractivity contribution in [2.24, 2.45) is 5.41 Å². The Kier molecular flexibility index (Phi) is 3.88. The van der Waals surface area contributed by atoms with Crippen molar-refractivity contribution in [3.05, 3.63) is 59.7 Å². The molecule has 0 saturated heterocycles. The summed E-state index contributed by atoms with van der Waals surface area (Å²) in [5.74, 6) is 0.493. The molecule has 0 spiro atoms. The predicted octanol–water partition coefficient (Wildman–Crippen LogP) is 5.02. The Morgan fingerprint density at radius 2 is 1.62 bits per heavy atom. The molecule has 0 aliphatic heterocycles. The van der Waals surface area contributed by atoms with Crippen molar-refractivity contribution in [2.45, 2.75) is 27.7 Å². The van der Waals surface area contributed by atoms with Crippen molar-refractivity contribution in [1.29, 1.82) is 0 Å². The first-order chi connectivity index (χ1) is 11.3. The summed E-state index contributed by atoms with van der Waals surface area (Å²) >= 11 is 0. The summed E-state index contributed by atoms with van der Waals surface area (Å²) in [7, 11) is 0. The van der Waals surface area contributed by atoms with Gasteiger partial charge >= 0.3 is 0 Å². The molecular formula is C21H22N2O. The number of pyridine rings is 1. The number of hydrogen-bond donors (Lipinski definition) is 1. The van der Waals surface area contributed by atoms with Gasteiger partial charge in [-0.1, -0.05) is 56.7 Å². The molecular weight excluding hydrogens is 296 g/mol. The number of aromatic nitrogens is 1. The Balaban J connectivity index is 2.28. The molecule has 0 unspecified atom stereocenters. The third kappa shape index (κ3) is 2.90. The highest BCUT2D eigenvalue weighted by molar-refractivity contribution is 6.12. The normalized spacial score (nSPS) is 11.7. The Morgan fingerprint density at radius 3 is 2.25 bits per heavy atom. The van der Waals surface area contributed by atoms with E-state index in [9.17, 15) is 4.79 Å². The number of anilines is 1. The Bertz CT molecular complexity index is 919. The second kappa shape index (κ2) is 5.75. The van der Waals surface area contributed by atoms with Crippen LogP contribution >= 0.6 is 0 Å². The number of fused-ring (bicyclic) bond motifs is 1. The first-order valence-corrected chi connectivity index (χ1v) is 8.08. The first kappa shape index (κ1) is 16.2. The number of nitrogen functional groups attached to an aromatic ring is 1. The number of ketones is 1. The van der Waals surface area contributed by atoms with Crippen molar-refractivity contribution in [1.82, 2.24) is 4.98 Å². The molecule has 0 radical (unpaired) electrons. The van der Waals surface area contributed by atoms with Gasteiger partial charge in [-0.05, 0) is 36.2 Å². The molecule has 0 aliphatic rings. The van der Waals surface area contributed by atoms with Gasteiger partial charge in [-0.15, -0.1) is 0 Å². The summed E-state index contributed by atoms with van der Waals surface area (Å²) < 4.78 is 0. The second-order valence-corrected chi connectivity index (χ2v) is 7.24. The molecule has 0 aliphatic carbocycles. The van der Waals surface area contributed by atoms with Gasteiger partial charge < -0.3 is 5.73 Å². The van der Waals surface area contributed by atoms with Crippen LogP contribution in [-0.2, 0) is 0 Å². The predicted molar refractivity (Wildman–Crippen MR) is 100 cm³/mol. The van der Waals surface area contributed by atoms with Gasteiger partial charge in [0.1, 0.15) is 5.82 Å². The quantitative estimate of drug-likeness (QED) is 0.675. The maximum atomic E-state index is 12.8. The van der Waals surface area contributed by atoms with Crippen LogP contribution < -0.4 is 5.73 Å². The van der Waals surface area contributed by atoms with E-state index >= 15 is 0 Å². The molecule has 0 atom stereocenters. The maximum Gasteiger partial charge on any atom is 0.170 e. The lowest BCUT2D eigenvalue weighted by molar-refractivity contribution is 0.0860. The van der Waals surface area contributed by atoms with E-state index in [1.165, 1.54) is 5.56 Å². The summed E-state index contributed by atoms with van der Waals surface area (Å²) in [4.78, 5) is 17.3. The molecule has 1 aromatic heterocycles. The fraction of sp³-hybridized carbons (Fsp3) is 0.238. The number of aryl methyl sites for hydroxylation is 1. The average molecular weight is 318 g/mol. The van der Waals surface area contributed by atoms with Gasteiger partial charge in [0.2, 0.25) is 0 Å². The third-order valence-corrected chi connectivity index (χ3v) is 4.17. The van der Waals surface area contributed by atoms with Gasteiger partial charge in [0.25, 0.3) is 0 Å². The molecule has 122 valence electrons.